The number of carbonyl (C=O) groups is 1. The Hall–Kier alpha value is -1.51. The number of carbonyl (C=O) groups excluding carboxylic acids is 1. The molecule has 2 fully saturated rings. The zero-order valence-corrected chi connectivity index (χ0v) is 12.2. The van der Waals surface area contributed by atoms with Gasteiger partial charge < -0.3 is 10.2 Å². The molecule has 2 saturated carbocycles. The maximum atomic E-state index is 12.0. The fourth-order valence-electron chi connectivity index (χ4n) is 3.41. The molecule has 0 spiro atoms. The van der Waals surface area contributed by atoms with E-state index in [4.69, 9.17) is 0 Å². The quantitative estimate of drug-likeness (QED) is 0.808. The number of fused-ring (bicyclic) bond motifs is 1. The van der Waals surface area contributed by atoms with Gasteiger partial charge in [0.1, 0.15) is 0 Å². The zero-order valence-electron chi connectivity index (χ0n) is 12.2. The number of nitrogens with one attached hydrogen (secondary N) is 1. The Balaban J connectivity index is 1.33. The molecule has 0 heterocycles. The van der Waals surface area contributed by atoms with Crippen molar-refractivity contribution in [3.8, 4) is 0 Å². The SMILES string of the molecule is CN(CCCNC(=O)C1CC2CC2C1)c1ccccc1. The Morgan fingerprint density at radius 2 is 1.90 bits per heavy atom. The van der Waals surface area contributed by atoms with E-state index < -0.39 is 0 Å². The Kier molecular flexibility index (Phi) is 3.95. The van der Waals surface area contributed by atoms with Crippen molar-refractivity contribution in [1.82, 2.24) is 5.32 Å². The average Bonchev–Trinajstić information content (AvgIpc) is 3.10. The molecule has 108 valence electrons. The van der Waals surface area contributed by atoms with Gasteiger partial charge in [0, 0.05) is 31.7 Å². The maximum Gasteiger partial charge on any atom is 0.223 e. The average molecular weight is 272 g/mol. The molecular weight excluding hydrogens is 248 g/mol. The fourth-order valence-corrected chi connectivity index (χ4v) is 3.41. The molecule has 2 unspecified atom stereocenters. The summed E-state index contributed by atoms with van der Waals surface area (Å²) in [5.74, 6) is 2.37. The summed E-state index contributed by atoms with van der Waals surface area (Å²) in [6.45, 7) is 1.77. The second-order valence-electron chi connectivity index (χ2n) is 6.33. The van der Waals surface area contributed by atoms with Crippen LogP contribution in [0.2, 0.25) is 0 Å². The van der Waals surface area contributed by atoms with Gasteiger partial charge in [0.15, 0.2) is 0 Å². The molecule has 3 heteroatoms. The third-order valence-electron chi connectivity index (χ3n) is 4.78. The van der Waals surface area contributed by atoms with Gasteiger partial charge in [0.2, 0.25) is 5.91 Å². The zero-order chi connectivity index (χ0) is 13.9. The van der Waals surface area contributed by atoms with E-state index in [9.17, 15) is 4.79 Å². The van der Waals surface area contributed by atoms with E-state index in [1.807, 2.05) is 6.07 Å². The highest BCUT2D eigenvalue weighted by atomic mass is 16.1. The van der Waals surface area contributed by atoms with Crippen LogP contribution >= 0.6 is 0 Å². The predicted octanol–water partition coefficient (Wildman–Crippen LogP) is 2.68. The van der Waals surface area contributed by atoms with Crippen molar-refractivity contribution >= 4 is 11.6 Å². The van der Waals surface area contributed by atoms with Gasteiger partial charge in [-0.05, 0) is 49.7 Å². The van der Waals surface area contributed by atoms with Crippen molar-refractivity contribution < 1.29 is 4.79 Å². The van der Waals surface area contributed by atoms with Crippen molar-refractivity contribution in [1.29, 1.82) is 0 Å². The molecule has 0 bridgehead atoms. The minimum atomic E-state index is 0.291. The van der Waals surface area contributed by atoms with E-state index in [1.165, 1.54) is 12.1 Å². The van der Waals surface area contributed by atoms with Crippen molar-refractivity contribution in [2.75, 3.05) is 25.0 Å². The highest BCUT2D eigenvalue weighted by molar-refractivity contribution is 5.79. The number of amides is 1. The number of para-hydroxylation sites is 1. The lowest BCUT2D eigenvalue weighted by Crippen LogP contribution is -2.32. The smallest absolute Gasteiger partial charge is 0.223 e. The van der Waals surface area contributed by atoms with Crippen LogP contribution in [0.3, 0.4) is 0 Å². The van der Waals surface area contributed by atoms with E-state index in [1.54, 1.807) is 0 Å². The van der Waals surface area contributed by atoms with E-state index in [0.29, 0.717) is 11.8 Å². The third-order valence-corrected chi connectivity index (χ3v) is 4.78. The van der Waals surface area contributed by atoms with Crippen LogP contribution in [-0.4, -0.2) is 26.0 Å². The summed E-state index contributed by atoms with van der Waals surface area (Å²) in [7, 11) is 2.10. The minimum absolute atomic E-state index is 0.291. The summed E-state index contributed by atoms with van der Waals surface area (Å²) in [6.07, 6.45) is 4.66. The van der Waals surface area contributed by atoms with Crippen LogP contribution < -0.4 is 10.2 Å². The lowest BCUT2D eigenvalue weighted by atomic mass is 10.0. The summed E-state index contributed by atoms with van der Waals surface area (Å²) in [5, 5.41) is 3.11. The van der Waals surface area contributed by atoms with Gasteiger partial charge in [0.25, 0.3) is 0 Å². The third kappa shape index (κ3) is 3.14. The van der Waals surface area contributed by atoms with E-state index in [-0.39, 0.29) is 0 Å². The number of anilines is 1. The van der Waals surface area contributed by atoms with Crippen LogP contribution in [0.15, 0.2) is 30.3 Å². The first-order valence-corrected chi connectivity index (χ1v) is 7.78. The molecule has 0 aliphatic heterocycles. The summed E-state index contributed by atoms with van der Waals surface area (Å²) in [5.41, 5.74) is 1.23. The Labute approximate surface area is 121 Å². The summed E-state index contributed by atoms with van der Waals surface area (Å²) < 4.78 is 0. The normalized spacial score (nSPS) is 26.9. The molecule has 0 aromatic heterocycles. The van der Waals surface area contributed by atoms with Crippen LogP contribution in [0.5, 0.6) is 0 Å². The highest BCUT2D eigenvalue weighted by Gasteiger charge is 2.47. The Bertz CT molecular complexity index is 449. The van der Waals surface area contributed by atoms with E-state index in [2.05, 4.69) is 41.5 Å². The van der Waals surface area contributed by atoms with Gasteiger partial charge in [0.05, 0.1) is 0 Å². The van der Waals surface area contributed by atoms with Gasteiger partial charge in [-0.15, -0.1) is 0 Å². The molecular formula is C17H24N2O. The predicted molar refractivity (Wildman–Crippen MR) is 81.7 cm³/mol. The number of benzene rings is 1. The first-order valence-electron chi connectivity index (χ1n) is 7.78. The first kappa shape index (κ1) is 13.5. The van der Waals surface area contributed by atoms with Crippen LogP contribution in [0.25, 0.3) is 0 Å². The molecule has 2 atom stereocenters. The highest BCUT2D eigenvalue weighted by Crippen LogP contribution is 2.54. The van der Waals surface area contributed by atoms with Gasteiger partial charge in [-0.3, -0.25) is 4.79 Å². The van der Waals surface area contributed by atoms with Gasteiger partial charge >= 0.3 is 0 Å². The number of hydrogen-bond acceptors (Lipinski definition) is 2. The molecule has 1 aromatic rings. The molecule has 1 amide bonds. The van der Waals surface area contributed by atoms with Crippen LogP contribution in [0.1, 0.15) is 25.7 Å². The Morgan fingerprint density at radius 1 is 1.20 bits per heavy atom. The van der Waals surface area contributed by atoms with Crippen molar-refractivity contribution in [3.63, 3.8) is 0 Å². The fraction of sp³-hybridized carbons (Fsp3) is 0.588. The maximum absolute atomic E-state index is 12.0. The van der Waals surface area contributed by atoms with E-state index >= 15 is 0 Å². The lowest BCUT2D eigenvalue weighted by Gasteiger charge is -2.19. The number of rotatable bonds is 6. The summed E-state index contributed by atoms with van der Waals surface area (Å²) in [4.78, 5) is 14.2. The lowest BCUT2D eigenvalue weighted by molar-refractivity contribution is -0.125. The molecule has 20 heavy (non-hydrogen) atoms. The molecule has 0 radical (unpaired) electrons. The number of nitrogens with zero attached hydrogens (tertiary/aromatic N) is 1. The minimum Gasteiger partial charge on any atom is -0.375 e. The Morgan fingerprint density at radius 3 is 2.60 bits per heavy atom. The standard InChI is InChI=1S/C17H24N2O/c1-19(16-6-3-2-4-7-16)9-5-8-18-17(20)15-11-13-10-14(13)12-15/h2-4,6-7,13-15H,5,8-12H2,1H3,(H,18,20). The van der Waals surface area contributed by atoms with Crippen LogP contribution in [-0.2, 0) is 4.79 Å². The van der Waals surface area contributed by atoms with Crippen molar-refractivity contribution in [2.45, 2.75) is 25.7 Å². The molecule has 3 rings (SSSR count). The first-order chi connectivity index (χ1) is 9.74. The molecule has 1 N–H and O–H groups in total. The number of hydrogen-bond donors (Lipinski definition) is 1. The van der Waals surface area contributed by atoms with Gasteiger partial charge in [-0.2, -0.15) is 0 Å². The van der Waals surface area contributed by atoms with Crippen molar-refractivity contribution in [2.24, 2.45) is 17.8 Å². The molecule has 3 nitrogen and oxygen atoms in total. The van der Waals surface area contributed by atoms with Crippen LogP contribution in [0, 0.1) is 17.8 Å². The van der Waals surface area contributed by atoms with Gasteiger partial charge in [-0.25, -0.2) is 0 Å². The summed E-state index contributed by atoms with van der Waals surface area (Å²) >= 11 is 0. The van der Waals surface area contributed by atoms with Crippen LogP contribution in [0.4, 0.5) is 5.69 Å². The summed E-state index contributed by atoms with van der Waals surface area (Å²) in [6, 6.07) is 10.4. The molecule has 1 aromatic carbocycles. The van der Waals surface area contributed by atoms with Crippen molar-refractivity contribution in [3.05, 3.63) is 30.3 Å². The van der Waals surface area contributed by atoms with Gasteiger partial charge in [-0.1, -0.05) is 18.2 Å². The molecule has 2 aliphatic carbocycles. The molecule has 0 saturated heterocycles. The molecule has 2 aliphatic rings. The topological polar surface area (TPSA) is 32.3 Å². The van der Waals surface area contributed by atoms with E-state index in [0.717, 1.165) is 44.2 Å². The largest absolute Gasteiger partial charge is 0.375 e. The monoisotopic (exact) mass is 272 g/mol. The second kappa shape index (κ2) is 5.86. The second-order valence-corrected chi connectivity index (χ2v) is 6.33.